The number of amides is 1. The monoisotopic (exact) mass is 268 g/mol. The largest absolute Gasteiger partial charge is 0.388 e. The summed E-state index contributed by atoms with van der Waals surface area (Å²) in [5, 5.41) is 3.04. The zero-order valence-corrected chi connectivity index (χ0v) is 12.2. The highest BCUT2D eigenvalue weighted by atomic mass is 16.2. The summed E-state index contributed by atoms with van der Waals surface area (Å²) in [6, 6.07) is 15.6. The molecule has 1 amide bonds. The van der Waals surface area contributed by atoms with Crippen molar-refractivity contribution in [1.29, 1.82) is 0 Å². The Labute approximate surface area is 120 Å². The SMILES string of the molecule is CCc1ccc(N(C)C(=O)c2ccc(NC)cc2)cc1. The lowest BCUT2D eigenvalue weighted by molar-refractivity contribution is 0.0993. The van der Waals surface area contributed by atoms with Crippen LogP contribution in [0.5, 0.6) is 0 Å². The molecule has 3 nitrogen and oxygen atoms in total. The van der Waals surface area contributed by atoms with Gasteiger partial charge in [0.15, 0.2) is 0 Å². The first-order valence-corrected chi connectivity index (χ1v) is 6.80. The third kappa shape index (κ3) is 2.99. The van der Waals surface area contributed by atoms with Crippen LogP contribution in [0, 0.1) is 0 Å². The molecular weight excluding hydrogens is 248 g/mol. The Morgan fingerprint density at radius 2 is 1.65 bits per heavy atom. The minimum Gasteiger partial charge on any atom is -0.388 e. The number of anilines is 2. The summed E-state index contributed by atoms with van der Waals surface area (Å²) in [4.78, 5) is 14.1. The summed E-state index contributed by atoms with van der Waals surface area (Å²) in [5.41, 5.74) is 3.86. The van der Waals surface area contributed by atoms with E-state index in [9.17, 15) is 4.79 Å². The molecule has 0 saturated carbocycles. The fraction of sp³-hybridized carbons (Fsp3) is 0.235. The third-order valence-corrected chi connectivity index (χ3v) is 3.46. The van der Waals surface area contributed by atoms with Crippen LogP contribution in [-0.2, 0) is 6.42 Å². The molecule has 2 aromatic carbocycles. The van der Waals surface area contributed by atoms with E-state index in [0.29, 0.717) is 5.56 Å². The van der Waals surface area contributed by atoms with E-state index in [2.05, 4.69) is 24.4 Å². The van der Waals surface area contributed by atoms with Crippen LogP contribution in [0.4, 0.5) is 11.4 Å². The third-order valence-electron chi connectivity index (χ3n) is 3.46. The van der Waals surface area contributed by atoms with Crippen LogP contribution in [0.3, 0.4) is 0 Å². The van der Waals surface area contributed by atoms with Gasteiger partial charge < -0.3 is 10.2 Å². The van der Waals surface area contributed by atoms with Crippen molar-refractivity contribution in [2.24, 2.45) is 0 Å². The van der Waals surface area contributed by atoms with Crippen molar-refractivity contribution in [3.63, 3.8) is 0 Å². The van der Waals surface area contributed by atoms with Gasteiger partial charge in [-0.3, -0.25) is 4.79 Å². The Balaban J connectivity index is 2.17. The van der Waals surface area contributed by atoms with Gasteiger partial charge in [0.05, 0.1) is 0 Å². The highest BCUT2D eigenvalue weighted by Gasteiger charge is 2.13. The normalized spacial score (nSPS) is 10.2. The maximum absolute atomic E-state index is 12.4. The maximum atomic E-state index is 12.4. The van der Waals surface area contributed by atoms with E-state index in [1.165, 1.54) is 5.56 Å². The summed E-state index contributed by atoms with van der Waals surface area (Å²) in [7, 11) is 3.66. The molecule has 0 spiro atoms. The van der Waals surface area contributed by atoms with Gasteiger partial charge in [-0.15, -0.1) is 0 Å². The number of benzene rings is 2. The number of hydrogen-bond acceptors (Lipinski definition) is 2. The molecule has 20 heavy (non-hydrogen) atoms. The molecule has 104 valence electrons. The Hall–Kier alpha value is -2.29. The fourth-order valence-corrected chi connectivity index (χ4v) is 2.05. The van der Waals surface area contributed by atoms with Gasteiger partial charge in [-0.2, -0.15) is 0 Å². The molecule has 0 aliphatic rings. The first-order valence-electron chi connectivity index (χ1n) is 6.80. The molecule has 0 saturated heterocycles. The highest BCUT2D eigenvalue weighted by Crippen LogP contribution is 2.18. The predicted molar refractivity (Wildman–Crippen MR) is 84.5 cm³/mol. The number of hydrogen-bond donors (Lipinski definition) is 1. The van der Waals surface area contributed by atoms with Crippen LogP contribution in [0.25, 0.3) is 0 Å². The Morgan fingerprint density at radius 3 is 2.15 bits per heavy atom. The van der Waals surface area contributed by atoms with Crippen LogP contribution in [-0.4, -0.2) is 20.0 Å². The minimum atomic E-state index is -0.00287. The van der Waals surface area contributed by atoms with E-state index >= 15 is 0 Å². The molecule has 0 fully saturated rings. The van der Waals surface area contributed by atoms with Crippen molar-refractivity contribution in [3.8, 4) is 0 Å². The van der Waals surface area contributed by atoms with E-state index in [1.807, 2.05) is 43.4 Å². The molecular formula is C17H20N2O. The number of rotatable bonds is 4. The van der Waals surface area contributed by atoms with Crippen LogP contribution >= 0.6 is 0 Å². The molecule has 0 atom stereocenters. The van der Waals surface area contributed by atoms with Gasteiger partial charge in [-0.1, -0.05) is 19.1 Å². The summed E-state index contributed by atoms with van der Waals surface area (Å²) < 4.78 is 0. The van der Waals surface area contributed by atoms with Crippen molar-refractivity contribution in [2.75, 3.05) is 24.3 Å². The molecule has 0 unspecified atom stereocenters. The standard InChI is InChI=1S/C17H20N2O/c1-4-13-5-11-16(12-6-13)19(3)17(20)14-7-9-15(18-2)10-8-14/h5-12,18H,4H2,1-3H3. The number of carbonyl (C=O) groups excluding carboxylic acids is 1. The lowest BCUT2D eigenvalue weighted by Crippen LogP contribution is -2.26. The van der Waals surface area contributed by atoms with Crippen LogP contribution in [0.15, 0.2) is 48.5 Å². The average molecular weight is 268 g/mol. The summed E-state index contributed by atoms with van der Waals surface area (Å²) in [5.74, 6) is -0.00287. The number of nitrogens with zero attached hydrogens (tertiary/aromatic N) is 1. The van der Waals surface area contributed by atoms with E-state index in [1.54, 1.807) is 11.9 Å². The predicted octanol–water partition coefficient (Wildman–Crippen LogP) is 3.57. The van der Waals surface area contributed by atoms with Gasteiger partial charge in [0.25, 0.3) is 5.91 Å². The summed E-state index contributed by atoms with van der Waals surface area (Å²) in [6.07, 6.45) is 1.00. The fourth-order valence-electron chi connectivity index (χ4n) is 2.05. The average Bonchev–Trinajstić information content (AvgIpc) is 2.53. The molecule has 0 radical (unpaired) electrons. The molecule has 0 aliphatic heterocycles. The van der Waals surface area contributed by atoms with Crippen molar-refractivity contribution >= 4 is 17.3 Å². The minimum absolute atomic E-state index is 0.00287. The molecule has 2 rings (SSSR count). The Morgan fingerprint density at radius 1 is 1.05 bits per heavy atom. The summed E-state index contributed by atoms with van der Waals surface area (Å²) in [6.45, 7) is 2.12. The maximum Gasteiger partial charge on any atom is 0.258 e. The van der Waals surface area contributed by atoms with E-state index in [4.69, 9.17) is 0 Å². The zero-order valence-electron chi connectivity index (χ0n) is 12.2. The first-order chi connectivity index (χ1) is 9.65. The van der Waals surface area contributed by atoms with E-state index in [-0.39, 0.29) is 5.91 Å². The number of aryl methyl sites for hydroxylation is 1. The smallest absolute Gasteiger partial charge is 0.258 e. The molecule has 0 aromatic heterocycles. The number of nitrogens with one attached hydrogen (secondary N) is 1. The highest BCUT2D eigenvalue weighted by molar-refractivity contribution is 6.05. The number of carbonyl (C=O) groups is 1. The molecule has 0 heterocycles. The van der Waals surface area contributed by atoms with Crippen molar-refractivity contribution in [2.45, 2.75) is 13.3 Å². The van der Waals surface area contributed by atoms with Crippen molar-refractivity contribution in [1.82, 2.24) is 0 Å². The van der Waals surface area contributed by atoms with Gasteiger partial charge in [-0.25, -0.2) is 0 Å². The van der Waals surface area contributed by atoms with Gasteiger partial charge in [0.1, 0.15) is 0 Å². The molecule has 3 heteroatoms. The first kappa shape index (κ1) is 14.1. The molecule has 0 bridgehead atoms. The van der Waals surface area contributed by atoms with Crippen molar-refractivity contribution in [3.05, 3.63) is 59.7 Å². The molecule has 0 aliphatic carbocycles. The van der Waals surface area contributed by atoms with Crippen LogP contribution in [0.2, 0.25) is 0 Å². The summed E-state index contributed by atoms with van der Waals surface area (Å²) >= 11 is 0. The van der Waals surface area contributed by atoms with E-state index < -0.39 is 0 Å². The van der Waals surface area contributed by atoms with Gasteiger partial charge >= 0.3 is 0 Å². The zero-order chi connectivity index (χ0) is 14.5. The molecule has 1 N–H and O–H groups in total. The lowest BCUT2D eigenvalue weighted by Gasteiger charge is -2.18. The molecule has 2 aromatic rings. The second-order valence-corrected chi connectivity index (χ2v) is 4.71. The lowest BCUT2D eigenvalue weighted by atomic mass is 10.1. The Bertz CT molecular complexity index is 573. The van der Waals surface area contributed by atoms with Gasteiger partial charge in [-0.05, 0) is 48.4 Å². The van der Waals surface area contributed by atoms with Crippen LogP contribution in [0.1, 0.15) is 22.8 Å². The second-order valence-electron chi connectivity index (χ2n) is 4.71. The van der Waals surface area contributed by atoms with E-state index in [0.717, 1.165) is 17.8 Å². The van der Waals surface area contributed by atoms with Crippen LogP contribution < -0.4 is 10.2 Å². The topological polar surface area (TPSA) is 32.3 Å². The van der Waals surface area contributed by atoms with Crippen molar-refractivity contribution < 1.29 is 4.79 Å². The Kier molecular flexibility index (Phi) is 4.41. The second kappa shape index (κ2) is 6.24. The quantitative estimate of drug-likeness (QED) is 0.919. The van der Waals surface area contributed by atoms with Gasteiger partial charge in [0.2, 0.25) is 0 Å². The van der Waals surface area contributed by atoms with Gasteiger partial charge in [0, 0.05) is 31.0 Å².